The predicted octanol–water partition coefficient (Wildman–Crippen LogP) is 13.9. The van der Waals surface area contributed by atoms with Gasteiger partial charge in [0.25, 0.3) is 23.6 Å². The molecular formula is C44H34Cl8N8O6. The van der Waals surface area contributed by atoms with Crippen molar-refractivity contribution in [3.63, 3.8) is 0 Å². The first-order chi connectivity index (χ1) is 31.2. The molecule has 342 valence electrons. The van der Waals surface area contributed by atoms with Gasteiger partial charge in [0.05, 0.1) is 64.0 Å². The molecule has 2 unspecified atom stereocenters. The summed E-state index contributed by atoms with van der Waals surface area (Å²) in [7, 11) is 0. The van der Waals surface area contributed by atoms with E-state index in [0.717, 1.165) is 0 Å². The normalized spacial score (nSPS) is 12.2. The largest absolute Gasteiger partial charge is 0.323 e. The lowest BCUT2D eigenvalue weighted by Crippen LogP contribution is -2.33. The van der Waals surface area contributed by atoms with E-state index in [-0.39, 0.29) is 74.1 Å². The number of amides is 4. The van der Waals surface area contributed by atoms with Gasteiger partial charge in [-0.05, 0) is 111 Å². The summed E-state index contributed by atoms with van der Waals surface area (Å²) in [6, 6.07) is 13.7. The van der Waals surface area contributed by atoms with Crippen molar-refractivity contribution in [1.29, 1.82) is 0 Å². The lowest BCUT2D eigenvalue weighted by atomic mass is 9.98. The minimum Gasteiger partial charge on any atom is -0.323 e. The molecule has 0 aliphatic rings. The fourth-order valence-electron chi connectivity index (χ4n) is 6.21. The molecule has 0 heterocycles. The maximum atomic E-state index is 13.6. The van der Waals surface area contributed by atoms with Gasteiger partial charge in [-0.2, -0.15) is 20.5 Å². The summed E-state index contributed by atoms with van der Waals surface area (Å²) < 4.78 is 0. The van der Waals surface area contributed by atoms with E-state index in [1.165, 1.54) is 86.6 Å². The molecule has 0 fully saturated rings. The number of nitrogens with zero attached hydrogens (tertiary/aromatic N) is 4. The van der Waals surface area contributed by atoms with E-state index in [9.17, 15) is 28.8 Å². The Morgan fingerprint density at radius 3 is 1.11 bits per heavy atom. The quantitative estimate of drug-likeness (QED) is 0.0559. The molecule has 2 atom stereocenters. The molecule has 4 amide bonds. The van der Waals surface area contributed by atoms with Crippen molar-refractivity contribution in [3.05, 3.63) is 135 Å². The molecular weight excluding hydrogens is 1020 g/mol. The van der Waals surface area contributed by atoms with Crippen molar-refractivity contribution in [1.82, 2.24) is 0 Å². The molecule has 5 rings (SSSR count). The molecule has 0 aliphatic carbocycles. The fourth-order valence-corrected chi connectivity index (χ4v) is 8.44. The molecule has 0 aromatic heterocycles. The van der Waals surface area contributed by atoms with Crippen molar-refractivity contribution in [2.75, 3.05) is 21.3 Å². The number of ketones is 2. The lowest BCUT2D eigenvalue weighted by Gasteiger charge is -2.20. The van der Waals surface area contributed by atoms with Crippen LogP contribution in [0.2, 0.25) is 40.2 Å². The zero-order valence-electron chi connectivity index (χ0n) is 34.8. The third-order valence-electron chi connectivity index (χ3n) is 9.38. The van der Waals surface area contributed by atoms with Crippen LogP contribution in [0.4, 0.5) is 34.1 Å². The first-order valence-electron chi connectivity index (χ1n) is 19.3. The van der Waals surface area contributed by atoms with Crippen molar-refractivity contribution < 1.29 is 28.8 Å². The summed E-state index contributed by atoms with van der Waals surface area (Å²) in [5.74, 6) is -4.26. The molecule has 66 heavy (non-hydrogen) atoms. The third kappa shape index (κ3) is 12.8. The number of hydrogen-bond donors (Lipinski definition) is 4. The third-order valence-corrected chi connectivity index (χ3v) is 11.7. The van der Waals surface area contributed by atoms with E-state index in [1.54, 1.807) is 0 Å². The van der Waals surface area contributed by atoms with Crippen LogP contribution in [-0.4, -0.2) is 47.3 Å². The van der Waals surface area contributed by atoms with Crippen molar-refractivity contribution in [2.24, 2.45) is 20.5 Å². The highest BCUT2D eigenvalue weighted by Crippen LogP contribution is 2.37. The van der Waals surface area contributed by atoms with Gasteiger partial charge in [-0.1, -0.05) is 107 Å². The first kappa shape index (κ1) is 51.8. The second-order valence-electron chi connectivity index (χ2n) is 14.0. The van der Waals surface area contributed by atoms with Crippen LogP contribution in [0.3, 0.4) is 0 Å². The maximum absolute atomic E-state index is 13.6. The van der Waals surface area contributed by atoms with Crippen LogP contribution >= 0.6 is 92.8 Å². The zero-order chi connectivity index (χ0) is 48.6. The Morgan fingerprint density at radius 1 is 0.470 bits per heavy atom. The summed E-state index contributed by atoms with van der Waals surface area (Å²) in [6.07, 6.45) is 0.741. The maximum Gasteiger partial charge on any atom is 0.258 e. The van der Waals surface area contributed by atoms with Gasteiger partial charge in [0.15, 0.2) is 11.6 Å². The van der Waals surface area contributed by atoms with Crippen molar-refractivity contribution >= 4 is 162 Å². The molecule has 5 aromatic carbocycles. The predicted molar refractivity (Wildman–Crippen MR) is 262 cm³/mol. The highest BCUT2D eigenvalue weighted by atomic mass is 35.5. The van der Waals surface area contributed by atoms with E-state index in [2.05, 4.69) is 41.7 Å². The number of carbonyl (C=O) groups is 6. The summed E-state index contributed by atoms with van der Waals surface area (Å²) in [5.41, 5.74) is 2.21. The second kappa shape index (κ2) is 23.0. The number of benzene rings is 5. The van der Waals surface area contributed by atoms with E-state index in [4.69, 9.17) is 92.8 Å². The number of nitrogens with one attached hydrogen (secondary N) is 4. The highest BCUT2D eigenvalue weighted by molar-refractivity contribution is 6.44. The number of hydrogen-bond acceptors (Lipinski definition) is 10. The zero-order valence-corrected chi connectivity index (χ0v) is 40.8. The Morgan fingerprint density at radius 2 is 0.803 bits per heavy atom. The monoisotopic (exact) mass is 1050 g/mol. The number of Topliss-reactive ketones (excluding diaryl/α,β-unsaturated/α-hetero) is 2. The van der Waals surface area contributed by atoms with Crippen LogP contribution in [0.25, 0.3) is 0 Å². The Hall–Kier alpha value is -5.16. The van der Waals surface area contributed by atoms with Gasteiger partial charge in [0.2, 0.25) is 12.1 Å². The van der Waals surface area contributed by atoms with Gasteiger partial charge in [-0.15, -0.1) is 0 Å². The number of anilines is 4. The van der Waals surface area contributed by atoms with Crippen LogP contribution in [0, 0.1) is 0 Å². The van der Waals surface area contributed by atoms with Gasteiger partial charge in [0.1, 0.15) is 0 Å². The SMILES string of the molecule is CCc1c(NC(=O)C(N=Nc2ccc(Cl)c(C(=O)Nc3c(Cl)cc(Cl)cc3Cl)c2)C(C)=O)ccc(NC(=O)C(N=Nc2ccc(Cl)c(C(=O)Nc3c(Cl)cc(Cl)cc3Cl)c2)C(C)=O)c1CC. The average molecular weight is 1050 g/mol. The minimum absolute atomic E-state index is 0.0333. The number of rotatable bonds is 16. The molecule has 0 spiro atoms. The van der Waals surface area contributed by atoms with Crippen LogP contribution in [0.5, 0.6) is 0 Å². The van der Waals surface area contributed by atoms with Gasteiger partial charge in [-0.25, -0.2) is 0 Å². The van der Waals surface area contributed by atoms with Gasteiger partial charge >= 0.3 is 0 Å². The molecule has 14 nitrogen and oxygen atoms in total. The van der Waals surface area contributed by atoms with Crippen LogP contribution < -0.4 is 21.3 Å². The Balaban J connectivity index is 1.31. The standard InChI is InChI=1S/C44H34Cl8N8O6/c1-5-25-26(6-2)36(54-44(66)38(20(4)62)60-58-24-8-10-30(48)28(18-24)42(64)56-40-33(51)15-22(46)16-34(40)52)12-11-35(25)53-43(65)37(19(3)61)59-57-23-7-9-29(47)27(17-23)41(63)55-39-31(49)13-21(45)14-32(39)50/h7-18,37-38H,5-6H2,1-4H3,(H,53,65)(H,54,66)(H,55,63)(H,56,64). The van der Waals surface area contributed by atoms with Crippen LogP contribution in [0.1, 0.15) is 59.5 Å². The first-order valence-corrected chi connectivity index (χ1v) is 22.3. The van der Waals surface area contributed by atoms with Gasteiger partial charge < -0.3 is 21.3 Å². The van der Waals surface area contributed by atoms with E-state index in [0.29, 0.717) is 35.3 Å². The number of azo groups is 2. The van der Waals surface area contributed by atoms with Crippen LogP contribution in [0.15, 0.2) is 93.3 Å². The molecule has 0 bridgehead atoms. The Bertz CT molecular complexity index is 2620. The van der Waals surface area contributed by atoms with E-state index in [1.807, 2.05) is 13.8 Å². The van der Waals surface area contributed by atoms with Crippen molar-refractivity contribution in [3.8, 4) is 0 Å². The molecule has 0 radical (unpaired) electrons. The Labute approximate surface area is 417 Å². The second-order valence-corrected chi connectivity index (χ2v) is 17.3. The van der Waals surface area contributed by atoms with Gasteiger partial charge in [-0.3, -0.25) is 28.8 Å². The lowest BCUT2D eigenvalue weighted by molar-refractivity contribution is -0.127. The molecule has 0 saturated heterocycles. The molecule has 0 saturated carbocycles. The summed E-state index contributed by atoms with van der Waals surface area (Å²) in [5, 5.41) is 27.8. The number of carbonyl (C=O) groups excluding carboxylic acids is 6. The Kier molecular flexibility index (Phi) is 18.1. The minimum atomic E-state index is -1.60. The number of halogens is 8. The highest BCUT2D eigenvalue weighted by Gasteiger charge is 2.28. The molecule has 22 heteroatoms. The fraction of sp³-hybridized carbons (Fsp3) is 0.182. The van der Waals surface area contributed by atoms with Crippen molar-refractivity contribution in [2.45, 2.75) is 52.6 Å². The van der Waals surface area contributed by atoms with E-state index >= 15 is 0 Å². The average Bonchev–Trinajstić information content (AvgIpc) is 3.24. The smallest absolute Gasteiger partial charge is 0.258 e. The van der Waals surface area contributed by atoms with Crippen LogP contribution in [-0.2, 0) is 32.0 Å². The topological polar surface area (TPSA) is 200 Å². The van der Waals surface area contributed by atoms with E-state index < -0.39 is 47.3 Å². The summed E-state index contributed by atoms with van der Waals surface area (Å²) >= 11 is 49.4. The molecule has 4 N–H and O–H groups in total. The van der Waals surface area contributed by atoms with Gasteiger partial charge in [0, 0.05) is 21.4 Å². The molecule has 5 aromatic rings. The summed E-state index contributed by atoms with van der Waals surface area (Å²) in [4.78, 5) is 79.0. The summed E-state index contributed by atoms with van der Waals surface area (Å²) in [6.45, 7) is 5.99. The molecule has 0 aliphatic heterocycles.